The van der Waals surface area contributed by atoms with Gasteiger partial charge in [-0.2, -0.15) is 0 Å². The number of hydrogen-bond acceptors (Lipinski definition) is 5. The number of amides is 3. The lowest BCUT2D eigenvalue weighted by Crippen LogP contribution is -2.58. The quantitative estimate of drug-likeness (QED) is 0.742. The van der Waals surface area contributed by atoms with Gasteiger partial charge in [0.2, 0.25) is 0 Å². The van der Waals surface area contributed by atoms with Crippen molar-refractivity contribution in [2.75, 3.05) is 26.7 Å². The average Bonchev–Trinajstić information content (AvgIpc) is 3.23. The number of carbonyl (C=O) groups is 3. The number of nitrogens with one attached hydrogen (secondary N) is 1. The van der Waals surface area contributed by atoms with E-state index in [1.807, 2.05) is 51.1 Å². The molecule has 31 heavy (non-hydrogen) atoms. The Morgan fingerprint density at radius 2 is 1.71 bits per heavy atom. The first kappa shape index (κ1) is 22.9. The zero-order valence-corrected chi connectivity index (χ0v) is 18.8. The minimum absolute atomic E-state index is 0.275. The summed E-state index contributed by atoms with van der Waals surface area (Å²) >= 11 is 0. The fourth-order valence-corrected chi connectivity index (χ4v) is 4.31. The molecule has 1 atom stereocenters. The molecule has 0 aromatic heterocycles. The number of benzene rings is 1. The highest BCUT2D eigenvalue weighted by Crippen LogP contribution is 2.34. The Balaban J connectivity index is 1.77. The molecule has 1 aromatic rings. The van der Waals surface area contributed by atoms with Gasteiger partial charge < -0.3 is 24.6 Å². The molecule has 2 saturated heterocycles. The number of likely N-dealkylation sites (tertiary alicyclic amines) is 2. The lowest BCUT2D eigenvalue weighted by Gasteiger charge is -2.43. The molecule has 2 aliphatic rings. The number of piperidine rings is 1. The third-order valence-electron chi connectivity index (χ3n) is 5.93. The van der Waals surface area contributed by atoms with E-state index < -0.39 is 17.2 Å². The lowest BCUT2D eigenvalue weighted by atomic mass is 9.81. The fourth-order valence-electron chi connectivity index (χ4n) is 4.31. The maximum Gasteiger partial charge on any atom is 0.410 e. The van der Waals surface area contributed by atoms with E-state index in [1.165, 1.54) is 7.11 Å². The maximum absolute atomic E-state index is 13.2. The highest BCUT2D eigenvalue weighted by Gasteiger charge is 2.43. The van der Waals surface area contributed by atoms with Gasteiger partial charge in [-0.25, -0.2) is 14.4 Å². The van der Waals surface area contributed by atoms with Crippen LogP contribution in [0.3, 0.4) is 0 Å². The zero-order chi connectivity index (χ0) is 22.6. The molecule has 0 bridgehead atoms. The first-order chi connectivity index (χ1) is 14.6. The van der Waals surface area contributed by atoms with Crippen LogP contribution in [0.5, 0.6) is 0 Å². The Morgan fingerprint density at radius 1 is 1.06 bits per heavy atom. The summed E-state index contributed by atoms with van der Waals surface area (Å²) in [6.45, 7) is 6.97. The number of ether oxygens (including phenoxy) is 2. The summed E-state index contributed by atoms with van der Waals surface area (Å²) in [5, 5.41) is 3.21. The van der Waals surface area contributed by atoms with Crippen molar-refractivity contribution in [2.24, 2.45) is 0 Å². The van der Waals surface area contributed by atoms with Crippen LogP contribution in [0.15, 0.2) is 30.3 Å². The molecule has 2 aliphatic heterocycles. The van der Waals surface area contributed by atoms with Crippen LogP contribution in [-0.2, 0) is 19.8 Å². The van der Waals surface area contributed by atoms with E-state index in [0.717, 1.165) is 12.0 Å². The van der Waals surface area contributed by atoms with Crippen LogP contribution >= 0.6 is 0 Å². The Hall–Kier alpha value is -2.77. The molecule has 0 saturated carbocycles. The van der Waals surface area contributed by atoms with Gasteiger partial charge in [0.15, 0.2) is 0 Å². The molecule has 3 rings (SSSR count). The normalized spacial score (nSPS) is 20.8. The molecule has 0 spiro atoms. The summed E-state index contributed by atoms with van der Waals surface area (Å²) in [6.07, 6.45) is 2.13. The molecular weight excluding hydrogens is 398 g/mol. The lowest BCUT2D eigenvalue weighted by molar-refractivity contribution is -0.145. The van der Waals surface area contributed by atoms with Crippen LogP contribution < -0.4 is 5.32 Å². The Morgan fingerprint density at radius 3 is 2.29 bits per heavy atom. The smallest absolute Gasteiger partial charge is 0.410 e. The number of rotatable bonds is 3. The van der Waals surface area contributed by atoms with Gasteiger partial charge in [-0.1, -0.05) is 30.3 Å². The summed E-state index contributed by atoms with van der Waals surface area (Å²) in [4.78, 5) is 41.1. The standard InChI is InChI=1S/C23H33N3O5/c1-22(2,3)31-21(29)25-15-12-23(13-16-25,17-9-6-5-7-10-17)24-20(28)26-14-8-11-18(26)19(27)30-4/h5-7,9-10,18H,8,11-16H2,1-4H3,(H,24,28)/t18-/m0/s1. The van der Waals surface area contributed by atoms with Crippen LogP contribution in [0, 0.1) is 0 Å². The van der Waals surface area contributed by atoms with Gasteiger partial charge in [-0.05, 0) is 52.0 Å². The molecule has 8 heteroatoms. The molecule has 1 aromatic carbocycles. The van der Waals surface area contributed by atoms with Crippen LogP contribution in [0.4, 0.5) is 9.59 Å². The van der Waals surface area contributed by atoms with E-state index in [-0.39, 0.29) is 18.1 Å². The molecule has 2 fully saturated rings. The third kappa shape index (κ3) is 5.29. The van der Waals surface area contributed by atoms with E-state index in [0.29, 0.717) is 38.9 Å². The van der Waals surface area contributed by atoms with Gasteiger partial charge in [0, 0.05) is 19.6 Å². The number of carbonyl (C=O) groups excluding carboxylic acids is 3. The van der Waals surface area contributed by atoms with E-state index >= 15 is 0 Å². The number of urea groups is 1. The van der Waals surface area contributed by atoms with Gasteiger partial charge in [0.1, 0.15) is 11.6 Å². The van der Waals surface area contributed by atoms with Crippen LogP contribution in [0.1, 0.15) is 52.0 Å². The first-order valence-corrected chi connectivity index (χ1v) is 10.9. The molecular formula is C23H33N3O5. The second-order valence-electron chi connectivity index (χ2n) is 9.22. The van der Waals surface area contributed by atoms with E-state index in [4.69, 9.17) is 9.47 Å². The summed E-state index contributed by atoms with van der Waals surface area (Å²) < 4.78 is 10.4. The first-order valence-electron chi connectivity index (χ1n) is 10.9. The molecule has 0 unspecified atom stereocenters. The predicted molar refractivity (Wildman–Crippen MR) is 115 cm³/mol. The Bertz CT molecular complexity index is 797. The van der Waals surface area contributed by atoms with Crippen LogP contribution in [0.25, 0.3) is 0 Å². The highest BCUT2D eigenvalue weighted by atomic mass is 16.6. The summed E-state index contributed by atoms with van der Waals surface area (Å²) in [6, 6.07) is 8.97. The van der Waals surface area contributed by atoms with Crippen molar-refractivity contribution in [3.05, 3.63) is 35.9 Å². The zero-order valence-electron chi connectivity index (χ0n) is 18.8. The summed E-state index contributed by atoms with van der Waals surface area (Å²) in [7, 11) is 1.34. The Labute approximate surface area is 183 Å². The van der Waals surface area contributed by atoms with E-state index in [9.17, 15) is 14.4 Å². The monoisotopic (exact) mass is 431 g/mol. The predicted octanol–water partition coefficient (Wildman–Crippen LogP) is 3.26. The van der Waals surface area contributed by atoms with Gasteiger partial charge in [0.05, 0.1) is 12.6 Å². The van der Waals surface area contributed by atoms with Crippen molar-refractivity contribution in [1.82, 2.24) is 15.1 Å². The van der Waals surface area contributed by atoms with Gasteiger partial charge >= 0.3 is 18.1 Å². The minimum atomic E-state index is -0.625. The van der Waals surface area contributed by atoms with E-state index in [2.05, 4.69) is 5.32 Å². The topological polar surface area (TPSA) is 88.2 Å². The molecule has 0 radical (unpaired) electrons. The SMILES string of the molecule is COC(=O)[C@@H]1CCCN1C(=O)NC1(c2ccccc2)CCN(C(=O)OC(C)(C)C)CC1. The number of nitrogens with zero attached hydrogens (tertiary/aromatic N) is 2. The fraction of sp³-hybridized carbons (Fsp3) is 0.609. The number of esters is 1. The second kappa shape index (κ2) is 9.16. The summed E-state index contributed by atoms with van der Waals surface area (Å²) in [5.41, 5.74) is -0.195. The minimum Gasteiger partial charge on any atom is -0.467 e. The van der Waals surface area contributed by atoms with Gasteiger partial charge in [-0.3, -0.25) is 0 Å². The molecule has 0 aliphatic carbocycles. The van der Waals surface area contributed by atoms with Crippen LogP contribution in [-0.4, -0.2) is 66.3 Å². The second-order valence-corrected chi connectivity index (χ2v) is 9.22. The van der Waals surface area contributed by atoms with Gasteiger partial charge in [0.25, 0.3) is 0 Å². The Kier molecular flexibility index (Phi) is 6.77. The average molecular weight is 432 g/mol. The number of methoxy groups -OCH3 is 1. The molecule has 1 N–H and O–H groups in total. The molecule has 170 valence electrons. The highest BCUT2D eigenvalue weighted by molar-refractivity contribution is 5.84. The van der Waals surface area contributed by atoms with Crippen molar-refractivity contribution in [3.8, 4) is 0 Å². The van der Waals surface area contributed by atoms with Gasteiger partial charge in [-0.15, -0.1) is 0 Å². The van der Waals surface area contributed by atoms with Crippen molar-refractivity contribution in [2.45, 2.75) is 63.6 Å². The van der Waals surface area contributed by atoms with Crippen molar-refractivity contribution in [3.63, 3.8) is 0 Å². The van der Waals surface area contributed by atoms with Crippen molar-refractivity contribution in [1.29, 1.82) is 0 Å². The van der Waals surface area contributed by atoms with Crippen molar-refractivity contribution < 1.29 is 23.9 Å². The van der Waals surface area contributed by atoms with Crippen molar-refractivity contribution >= 4 is 18.1 Å². The maximum atomic E-state index is 13.2. The van der Waals surface area contributed by atoms with E-state index in [1.54, 1.807) is 9.80 Å². The van der Waals surface area contributed by atoms with Crippen LogP contribution in [0.2, 0.25) is 0 Å². The number of hydrogen-bond donors (Lipinski definition) is 1. The summed E-state index contributed by atoms with van der Waals surface area (Å²) in [5.74, 6) is -0.388. The molecule has 8 nitrogen and oxygen atoms in total. The molecule has 2 heterocycles. The molecule has 3 amide bonds. The largest absolute Gasteiger partial charge is 0.467 e. The third-order valence-corrected chi connectivity index (χ3v) is 5.93.